The number of anilines is 1. The van der Waals surface area contributed by atoms with Gasteiger partial charge in [0, 0.05) is 17.6 Å². The highest BCUT2D eigenvalue weighted by Crippen LogP contribution is 2.25. The monoisotopic (exact) mass is 567 g/mol. The van der Waals surface area contributed by atoms with Crippen LogP contribution in [0.25, 0.3) is 0 Å². The largest absolute Gasteiger partial charge is 0.352 e. The summed E-state index contributed by atoms with van der Waals surface area (Å²) in [7, 11) is -4.10. The molecule has 1 saturated carbocycles. The Morgan fingerprint density at radius 2 is 1.51 bits per heavy atom. The topological polar surface area (TPSA) is 86.8 Å². The summed E-state index contributed by atoms with van der Waals surface area (Å²) in [4.78, 5) is 28.6. The van der Waals surface area contributed by atoms with Gasteiger partial charge in [-0.3, -0.25) is 13.9 Å². The maximum absolute atomic E-state index is 13.9. The number of carbonyl (C=O) groups excluding carboxylic acids is 2. The van der Waals surface area contributed by atoms with Crippen LogP contribution in [-0.2, 0) is 26.0 Å². The molecule has 1 aliphatic carbocycles. The van der Waals surface area contributed by atoms with Crippen molar-refractivity contribution >= 4 is 39.1 Å². The fourth-order valence-corrected chi connectivity index (χ4v) is 6.36. The van der Waals surface area contributed by atoms with E-state index in [1.807, 2.05) is 30.3 Å². The van der Waals surface area contributed by atoms with Crippen molar-refractivity contribution in [3.63, 3.8) is 0 Å². The molecule has 7 nitrogen and oxygen atoms in total. The summed E-state index contributed by atoms with van der Waals surface area (Å²) < 4.78 is 28.6. The van der Waals surface area contributed by atoms with E-state index in [9.17, 15) is 18.0 Å². The third-order valence-corrected chi connectivity index (χ3v) is 9.12. The van der Waals surface area contributed by atoms with Gasteiger partial charge < -0.3 is 10.2 Å². The summed E-state index contributed by atoms with van der Waals surface area (Å²) in [5, 5.41) is 3.49. The zero-order valence-corrected chi connectivity index (χ0v) is 23.6. The van der Waals surface area contributed by atoms with Crippen LogP contribution in [0.4, 0.5) is 5.69 Å². The second kappa shape index (κ2) is 13.1. The molecule has 0 unspecified atom stereocenters. The van der Waals surface area contributed by atoms with E-state index in [1.54, 1.807) is 37.3 Å². The molecule has 0 aliphatic heterocycles. The predicted octanol–water partition coefficient (Wildman–Crippen LogP) is 5.05. The molecular weight excluding hydrogens is 534 g/mol. The Hall–Kier alpha value is -3.36. The maximum atomic E-state index is 13.9. The molecule has 4 rings (SSSR count). The van der Waals surface area contributed by atoms with Crippen LogP contribution in [0.2, 0.25) is 5.02 Å². The first kappa shape index (κ1) is 28.6. The average molecular weight is 568 g/mol. The third-order valence-electron chi connectivity index (χ3n) is 7.08. The minimum absolute atomic E-state index is 0.0198. The number of benzene rings is 3. The van der Waals surface area contributed by atoms with Gasteiger partial charge in [0.25, 0.3) is 10.0 Å². The van der Waals surface area contributed by atoms with E-state index in [-0.39, 0.29) is 23.4 Å². The predicted molar refractivity (Wildman–Crippen MR) is 154 cm³/mol. The van der Waals surface area contributed by atoms with Gasteiger partial charge in [-0.05, 0) is 68.1 Å². The van der Waals surface area contributed by atoms with E-state index >= 15 is 0 Å². The molecule has 3 aromatic carbocycles. The van der Waals surface area contributed by atoms with Crippen molar-refractivity contribution in [2.75, 3.05) is 17.4 Å². The van der Waals surface area contributed by atoms with Crippen LogP contribution >= 0.6 is 11.6 Å². The number of rotatable bonds is 11. The van der Waals surface area contributed by atoms with Crippen molar-refractivity contribution in [3.05, 3.63) is 95.5 Å². The average Bonchev–Trinajstić information content (AvgIpc) is 3.46. The lowest BCUT2D eigenvalue weighted by Gasteiger charge is -2.32. The zero-order chi connectivity index (χ0) is 27.8. The van der Waals surface area contributed by atoms with E-state index in [0.29, 0.717) is 17.1 Å². The van der Waals surface area contributed by atoms with Crippen LogP contribution in [0.3, 0.4) is 0 Å². The second-order valence-corrected chi connectivity index (χ2v) is 12.1. The Bertz CT molecular complexity index is 1350. The number of amides is 2. The number of hydrogen-bond acceptors (Lipinski definition) is 4. The van der Waals surface area contributed by atoms with Gasteiger partial charge in [0.2, 0.25) is 11.8 Å². The first-order chi connectivity index (χ1) is 18.8. The van der Waals surface area contributed by atoms with Crippen LogP contribution in [-0.4, -0.2) is 50.3 Å². The van der Waals surface area contributed by atoms with Crippen molar-refractivity contribution in [2.45, 2.75) is 56.0 Å². The molecule has 0 saturated heterocycles. The lowest BCUT2D eigenvalue weighted by molar-refractivity contribution is -0.139. The van der Waals surface area contributed by atoms with Gasteiger partial charge in [0.15, 0.2) is 0 Å². The number of carbonyl (C=O) groups is 2. The number of hydrogen-bond donors (Lipinski definition) is 1. The summed E-state index contributed by atoms with van der Waals surface area (Å²) in [5.74, 6) is -0.684. The number of halogens is 1. The quantitative estimate of drug-likeness (QED) is 0.351. The number of nitrogens with one attached hydrogen (secondary N) is 1. The highest BCUT2D eigenvalue weighted by molar-refractivity contribution is 7.92. The lowest BCUT2D eigenvalue weighted by Crippen LogP contribution is -2.53. The van der Waals surface area contributed by atoms with Crippen LogP contribution in [0.5, 0.6) is 0 Å². The molecule has 0 aromatic heterocycles. The van der Waals surface area contributed by atoms with Gasteiger partial charge in [-0.1, -0.05) is 73.0 Å². The fourth-order valence-electron chi connectivity index (χ4n) is 4.82. The van der Waals surface area contributed by atoms with Crippen LogP contribution in [0, 0.1) is 0 Å². The smallest absolute Gasteiger partial charge is 0.264 e. The fraction of sp³-hybridized carbons (Fsp3) is 0.333. The number of para-hydroxylation sites is 1. The summed E-state index contributed by atoms with van der Waals surface area (Å²) >= 11 is 5.99. The molecule has 9 heteroatoms. The molecule has 0 heterocycles. The zero-order valence-electron chi connectivity index (χ0n) is 22.0. The summed E-state index contributed by atoms with van der Waals surface area (Å²) in [5.41, 5.74) is 1.37. The lowest BCUT2D eigenvalue weighted by atomic mass is 10.1. The molecule has 0 bridgehead atoms. The summed E-state index contributed by atoms with van der Waals surface area (Å²) in [6, 6.07) is 23.4. The van der Waals surface area contributed by atoms with Crippen LogP contribution < -0.4 is 9.62 Å². The minimum atomic E-state index is -4.10. The van der Waals surface area contributed by atoms with Crippen LogP contribution in [0.15, 0.2) is 89.8 Å². The molecule has 3 aromatic rings. The Labute approximate surface area is 235 Å². The van der Waals surface area contributed by atoms with E-state index in [0.717, 1.165) is 35.6 Å². The molecule has 39 heavy (non-hydrogen) atoms. The van der Waals surface area contributed by atoms with Crippen molar-refractivity contribution in [2.24, 2.45) is 0 Å². The van der Waals surface area contributed by atoms with Gasteiger partial charge in [0.05, 0.1) is 10.6 Å². The molecular formula is C30H34ClN3O4S. The first-order valence-corrected chi connectivity index (χ1v) is 15.0. The molecule has 1 N–H and O–H groups in total. The minimum Gasteiger partial charge on any atom is -0.352 e. The highest BCUT2D eigenvalue weighted by Gasteiger charge is 2.33. The molecule has 0 radical (unpaired) electrons. The van der Waals surface area contributed by atoms with Crippen molar-refractivity contribution in [1.82, 2.24) is 10.2 Å². The van der Waals surface area contributed by atoms with Gasteiger partial charge in [-0.2, -0.15) is 0 Å². The van der Waals surface area contributed by atoms with E-state index in [4.69, 9.17) is 11.6 Å². The van der Waals surface area contributed by atoms with E-state index in [2.05, 4.69) is 5.32 Å². The summed E-state index contributed by atoms with van der Waals surface area (Å²) in [6.07, 6.45) is 4.53. The highest BCUT2D eigenvalue weighted by atomic mass is 35.5. The second-order valence-electron chi connectivity index (χ2n) is 9.79. The number of nitrogens with zero attached hydrogens (tertiary/aromatic N) is 2. The SMILES string of the molecule is C[C@H](C(=O)NC1CCCC1)N(CCc1ccccc1)C(=O)CN(c1ccccc1)S(=O)(=O)c1ccc(Cl)cc1. The van der Waals surface area contributed by atoms with Crippen molar-refractivity contribution in [3.8, 4) is 0 Å². The Morgan fingerprint density at radius 3 is 2.13 bits per heavy atom. The molecule has 1 fully saturated rings. The maximum Gasteiger partial charge on any atom is 0.264 e. The van der Waals surface area contributed by atoms with Crippen molar-refractivity contribution in [1.29, 1.82) is 0 Å². The Kier molecular flexibility index (Phi) is 9.64. The van der Waals surface area contributed by atoms with Gasteiger partial charge in [-0.25, -0.2) is 8.42 Å². The number of sulfonamides is 1. The van der Waals surface area contributed by atoms with Gasteiger partial charge in [0.1, 0.15) is 12.6 Å². The van der Waals surface area contributed by atoms with Gasteiger partial charge >= 0.3 is 0 Å². The molecule has 2 amide bonds. The standard InChI is InChI=1S/C30H34ClN3O4S/c1-23(30(36)32-26-12-8-9-13-26)33(21-20-24-10-4-2-5-11-24)29(35)22-34(27-14-6-3-7-15-27)39(37,38)28-18-16-25(31)17-19-28/h2-7,10-11,14-19,23,26H,8-9,12-13,20-22H2,1H3,(H,32,36)/t23-/m1/s1. The Balaban J connectivity index is 1.62. The van der Waals surface area contributed by atoms with E-state index < -0.39 is 28.5 Å². The Morgan fingerprint density at radius 1 is 0.923 bits per heavy atom. The molecule has 206 valence electrons. The van der Waals surface area contributed by atoms with Crippen LogP contribution in [0.1, 0.15) is 38.2 Å². The van der Waals surface area contributed by atoms with Crippen molar-refractivity contribution < 1.29 is 18.0 Å². The summed E-state index contributed by atoms with van der Waals surface area (Å²) in [6.45, 7) is 1.52. The third kappa shape index (κ3) is 7.40. The molecule has 0 spiro atoms. The van der Waals surface area contributed by atoms with E-state index in [1.165, 1.54) is 29.2 Å². The van der Waals surface area contributed by atoms with Gasteiger partial charge in [-0.15, -0.1) is 0 Å². The molecule has 1 atom stereocenters. The normalized spacial score (nSPS) is 14.5. The molecule has 1 aliphatic rings. The first-order valence-electron chi connectivity index (χ1n) is 13.2.